The molecule has 4 nitrogen and oxygen atoms in total. The first kappa shape index (κ1) is 15.8. The zero-order valence-electron chi connectivity index (χ0n) is 12.7. The van der Waals surface area contributed by atoms with Crippen LogP contribution in [0.4, 0.5) is 0 Å². The molecule has 22 heavy (non-hydrogen) atoms. The summed E-state index contributed by atoms with van der Waals surface area (Å²) in [6.45, 7) is 4.21. The topological polar surface area (TPSA) is 38.8 Å². The van der Waals surface area contributed by atoms with Crippen LogP contribution in [0.3, 0.4) is 0 Å². The molecule has 2 saturated heterocycles. The Morgan fingerprint density at radius 2 is 2.09 bits per heavy atom. The van der Waals surface area contributed by atoms with Gasteiger partial charge in [0.2, 0.25) is 5.91 Å². The van der Waals surface area contributed by atoms with E-state index >= 15 is 0 Å². The highest BCUT2D eigenvalue weighted by Gasteiger charge is 2.41. The lowest BCUT2D eigenvalue weighted by Gasteiger charge is -2.39. The van der Waals surface area contributed by atoms with Gasteiger partial charge >= 0.3 is 0 Å². The van der Waals surface area contributed by atoms with E-state index in [2.05, 4.69) is 0 Å². The molecule has 2 fully saturated rings. The molecule has 0 N–H and O–H groups in total. The number of hydrogen-bond donors (Lipinski definition) is 0. The van der Waals surface area contributed by atoms with Crippen molar-refractivity contribution >= 4 is 17.5 Å². The fraction of sp³-hybridized carbons (Fsp3) is 0.588. The fourth-order valence-corrected chi connectivity index (χ4v) is 3.35. The van der Waals surface area contributed by atoms with Crippen LogP contribution in [0.1, 0.15) is 24.8 Å². The Hall–Kier alpha value is -1.10. The van der Waals surface area contributed by atoms with E-state index < -0.39 is 0 Å². The van der Waals surface area contributed by atoms with Crippen LogP contribution < -0.4 is 0 Å². The van der Waals surface area contributed by atoms with Crippen molar-refractivity contribution in [3.8, 4) is 0 Å². The third-order valence-corrected chi connectivity index (χ3v) is 4.87. The fourth-order valence-electron chi connectivity index (χ4n) is 3.22. The van der Waals surface area contributed by atoms with Crippen molar-refractivity contribution in [3.05, 3.63) is 34.9 Å². The quantitative estimate of drug-likeness (QED) is 0.782. The Morgan fingerprint density at radius 3 is 2.82 bits per heavy atom. The van der Waals surface area contributed by atoms with Gasteiger partial charge < -0.3 is 14.4 Å². The Bertz CT molecular complexity index is 511. The van der Waals surface area contributed by atoms with Gasteiger partial charge in [0.15, 0.2) is 0 Å². The van der Waals surface area contributed by atoms with Crippen LogP contribution in [0, 0.1) is 5.41 Å². The highest BCUT2D eigenvalue weighted by atomic mass is 35.5. The summed E-state index contributed by atoms with van der Waals surface area (Å²) in [6.07, 6.45) is 2.68. The number of carbonyl (C=O) groups excluding carboxylic acids is 1. The van der Waals surface area contributed by atoms with Crippen LogP contribution in [0.25, 0.3) is 0 Å². The molecule has 120 valence electrons. The molecule has 0 bridgehead atoms. The number of amides is 1. The lowest BCUT2D eigenvalue weighted by atomic mass is 9.79. The Balaban J connectivity index is 1.44. The molecule has 2 aliphatic heterocycles. The first-order chi connectivity index (χ1) is 10.7. The van der Waals surface area contributed by atoms with Crippen molar-refractivity contribution in [2.45, 2.75) is 25.9 Å². The van der Waals surface area contributed by atoms with Crippen LogP contribution in [0.2, 0.25) is 5.02 Å². The molecule has 0 aromatic heterocycles. The van der Waals surface area contributed by atoms with Crippen LogP contribution in [-0.4, -0.2) is 43.7 Å². The summed E-state index contributed by atoms with van der Waals surface area (Å²) in [5.41, 5.74) is 1.29. The average Bonchev–Trinajstić information content (AvgIpc) is 2.97. The molecule has 0 aliphatic carbocycles. The summed E-state index contributed by atoms with van der Waals surface area (Å²) < 4.78 is 11.2. The largest absolute Gasteiger partial charge is 0.381 e. The van der Waals surface area contributed by atoms with Gasteiger partial charge in [-0.15, -0.1) is 0 Å². The van der Waals surface area contributed by atoms with Gasteiger partial charge in [-0.25, -0.2) is 0 Å². The van der Waals surface area contributed by atoms with Crippen molar-refractivity contribution in [1.29, 1.82) is 0 Å². The maximum Gasteiger partial charge on any atom is 0.222 e. The number of likely N-dealkylation sites (tertiary alicyclic amines) is 1. The van der Waals surface area contributed by atoms with Crippen LogP contribution in [0.5, 0.6) is 0 Å². The van der Waals surface area contributed by atoms with Crippen molar-refractivity contribution in [2.24, 2.45) is 5.41 Å². The van der Waals surface area contributed by atoms with Crippen molar-refractivity contribution in [3.63, 3.8) is 0 Å². The number of rotatable bonds is 5. The SMILES string of the molecule is O=C1CCC2(CCOC2)CN1CCOCc1ccc(Cl)cc1. The summed E-state index contributed by atoms with van der Waals surface area (Å²) in [5, 5.41) is 0.728. The van der Waals surface area contributed by atoms with E-state index in [1.807, 2.05) is 29.2 Å². The molecule has 1 aromatic rings. The standard InChI is InChI=1S/C17H22ClNO3/c18-15-3-1-14(2-4-15)11-21-10-8-19-12-17(6-5-16(19)20)7-9-22-13-17/h1-4H,5-13H2. The van der Waals surface area contributed by atoms with Crippen LogP contribution in [-0.2, 0) is 20.9 Å². The van der Waals surface area contributed by atoms with Gasteiger partial charge in [-0.3, -0.25) is 4.79 Å². The molecule has 2 aliphatic rings. The lowest BCUT2D eigenvalue weighted by molar-refractivity contribution is -0.138. The minimum atomic E-state index is 0.199. The van der Waals surface area contributed by atoms with Gasteiger partial charge in [0.1, 0.15) is 0 Å². The zero-order valence-corrected chi connectivity index (χ0v) is 13.5. The van der Waals surface area contributed by atoms with E-state index in [9.17, 15) is 4.79 Å². The van der Waals surface area contributed by atoms with Gasteiger partial charge in [0.25, 0.3) is 0 Å². The first-order valence-electron chi connectivity index (χ1n) is 7.85. The van der Waals surface area contributed by atoms with E-state index in [4.69, 9.17) is 21.1 Å². The molecular weight excluding hydrogens is 302 g/mol. The number of hydrogen-bond acceptors (Lipinski definition) is 3. The summed E-state index contributed by atoms with van der Waals surface area (Å²) in [6, 6.07) is 7.63. The molecule has 1 unspecified atom stereocenters. The van der Waals surface area contributed by atoms with E-state index in [-0.39, 0.29) is 11.3 Å². The van der Waals surface area contributed by atoms with Gasteiger partial charge in [-0.2, -0.15) is 0 Å². The Labute approximate surface area is 136 Å². The van der Waals surface area contributed by atoms with Gasteiger partial charge in [0.05, 0.1) is 19.8 Å². The minimum absolute atomic E-state index is 0.199. The molecule has 3 rings (SSSR count). The van der Waals surface area contributed by atoms with E-state index in [1.54, 1.807) is 0 Å². The lowest BCUT2D eigenvalue weighted by Crippen LogP contribution is -2.48. The average molecular weight is 324 g/mol. The number of piperidine rings is 1. The third kappa shape index (κ3) is 3.80. The minimum Gasteiger partial charge on any atom is -0.381 e. The van der Waals surface area contributed by atoms with Crippen LogP contribution >= 0.6 is 11.6 Å². The number of ether oxygens (including phenoxy) is 2. The second kappa shape index (κ2) is 6.99. The monoisotopic (exact) mass is 323 g/mol. The zero-order chi connectivity index (χ0) is 15.4. The molecule has 1 amide bonds. The molecule has 0 saturated carbocycles. The molecule has 1 spiro atoms. The Kier molecular flexibility index (Phi) is 5.01. The van der Waals surface area contributed by atoms with Crippen molar-refractivity contribution in [2.75, 3.05) is 32.9 Å². The molecular formula is C17H22ClNO3. The second-order valence-corrected chi connectivity index (χ2v) is 6.73. The maximum absolute atomic E-state index is 12.1. The first-order valence-corrected chi connectivity index (χ1v) is 8.22. The smallest absolute Gasteiger partial charge is 0.222 e. The molecule has 5 heteroatoms. The van der Waals surface area contributed by atoms with Gasteiger partial charge in [-0.05, 0) is 30.5 Å². The van der Waals surface area contributed by atoms with Gasteiger partial charge in [0, 0.05) is 36.6 Å². The summed E-state index contributed by atoms with van der Waals surface area (Å²) in [4.78, 5) is 14.0. The summed E-state index contributed by atoms with van der Waals surface area (Å²) >= 11 is 5.85. The molecule has 2 heterocycles. The number of carbonyl (C=O) groups is 1. The number of nitrogens with zero attached hydrogens (tertiary/aromatic N) is 1. The normalized spacial score (nSPS) is 25.1. The van der Waals surface area contributed by atoms with Crippen molar-refractivity contribution < 1.29 is 14.3 Å². The predicted molar refractivity (Wildman–Crippen MR) is 84.8 cm³/mol. The highest BCUT2D eigenvalue weighted by Crippen LogP contribution is 2.37. The molecule has 1 aromatic carbocycles. The maximum atomic E-state index is 12.1. The summed E-state index contributed by atoms with van der Waals surface area (Å²) in [7, 11) is 0. The third-order valence-electron chi connectivity index (χ3n) is 4.62. The van der Waals surface area contributed by atoms with E-state index in [0.717, 1.165) is 43.2 Å². The predicted octanol–water partition coefficient (Wildman–Crippen LogP) is 2.89. The number of benzene rings is 1. The highest BCUT2D eigenvalue weighted by molar-refractivity contribution is 6.30. The number of halogens is 1. The second-order valence-electron chi connectivity index (χ2n) is 6.30. The van der Waals surface area contributed by atoms with Crippen molar-refractivity contribution in [1.82, 2.24) is 4.90 Å². The Morgan fingerprint density at radius 1 is 1.27 bits per heavy atom. The molecule has 0 radical (unpaired) electrons. The summed E-state index contributed by atoms with van der Waals surface area (Å²) in [5.74, 6) is 0.243. The van der Waals surface area contributed by atoms with E-state index in [1.165, 1.54) is 0 Å². The van der Waals surface area contributed by atoms with Crippen LogP contribution in [0.15, 0.2) is 24.3 Å². The van der Waals surface area contributed by atoms with Gasteiger partial charge in [-0.1, -0.05) is 23.7 Å². The van der Waals surface area contributed by atoms with E-state index in [0.29, 0.717) is 26.2 Å². The molecule has 1 atom stereocenters.